The van der Waals surface area contributed by atoms with E-state index in [1.54, 1.807) is 18.2 Å². The highest BCUT2D eigenvalue weighted by Crippen LogP contribution is 2.24. The van der Waals surface area contributed by atoms with E-state index in [9.17, 15) is 5.11 Å². The molecular weight excluding hydrogens is 168 g/mol. The Morgan fingerprint density at radius 3 is 3.00 bits per heavy atom. The number of hydrogen-bond donors (Lipinski definition) is 2. The van der Waals surface area contributed by atoms with Gasteiger partial charge in [0.05, 0.1) is 0 Å². The maximum atomic E-state index is 9.40. The van der Waals surface area contributed by atoms with Crippen LogP contribution < -0.4 is 5.73 Å². The Labute approximate surface area is 75.0 Å². The summed E-state index contributed by atoms with van der Waals surface area (Å²) < 4.78 is 5.34. The zero-order chi connectivity index (χ0) is 9.26. The Balaban J connectivity index is 2.55. The van der Waals surface area contributed by atoms with Gasteiger partial charge in [0, 0.05) is 13.0 Å². The predicted octanol–water partition coefficient (Wildman–Crippen LogP) is 1.03. The Bertz CT molecular complexity index is 422. The zero-order valence-electron chi connectivity index (χ0n) is 7.03. The van der Waals surface area contributed by atoms with E-state index >= 15 is 0 Å². The van der Waals surface area contributed by atoms with Gasteiger partial charge in [0.25, 0.3) is 0 Å². The van der Waals surface area contributed by atoms with Crippen molar-refractivity contribution >= 4 is 11.1 Å². The summed E-state index contributed by atoms with van der Waals surface area (Å²) in [5.41, 5.74) is 6.46. The Kier molecular flexibility index (Phi) is 1.90. The van der Waals surface area contributed by atoms with Crippen LogP contribution in [0.15, 0.2) is 22.6 Å². The van der Waals surface area contributed by atoms with Crippen LogP contribution in [-0.2, 0) is 6.42 Å². The number of phenols is 1. The number of para-hydroxylation sites is 1. The Morgan fingerprint density at radius 1 is 1.46 bits per heavy atom. The van der Waals surface area contributed by atoms with Crippen LogP contribution in [0.25, 0.3) is 11.1 Å². The van der Waals surface area contributed by atoms with E-state index in [-0.39, 0.29) is 5.75 Å². The number of fused-ring (bicyclic) bond motifs is 1. The molecule has 0 saturated carbocycles. The number of benzene rings is 1. The molecule has 1 aromatic heterocycles. The number of nitrogens with two attached hydrogens (primary N) is 1. The quantitative estimate of drug-likeness (QED) is 0.720. The van der Waals surface area contributed by atoms with Crippen molar-refractivity contribution in [1.29, 1.82) is 0 Å². The third kappa shape index (κ3) is 1.36. The van der Waals surface area contributed by atoms with Gasteiger partial charge in [-0.25, -0.2) is 4.98 Å². The fraction of sp³-hybridized carbons (Fsp3) is 0.222. The molecule has 4 heteroatoms. The largest absolute Gasteiger partial charge is 0.506 e. The van der Waals surface area contributed by atoms with Gasteiger partial charge in [-0.1, -0.05) is 6.07 Å². The molecule has 0 amide bonds. The monoisotopic (exact) mass is 178 g/mol. The molecule has 0 aliphatic carbocycles. The minimum atomic E-state index is 0.143. The second kappa shape index (κ2) is 3.06. The average molecular weight is 178 g/mol. The summed E-state index contributed by atoms with van der Waals surface area (Å²) in [6.45, 7) is 0.494. The zero-order valence-corrected chi connectivity index (χ0v) is 7.03. The van der Waals surface area contributed by atoms with Crippen molar-refractivity contribution in [3.63, 3.8) is 0 Å². The smallest absolute Gasteiger partial charge is 0.196 e. The summed E-state index contributed by atoms with van der Waals surface area (Å²) in [7, 11) is 0. The molecule has 0 aliphatic rings. The number of hydrogen-bond acceptors (Lipinski definition) is 4. The minimum absolute atomic E-state index is 0.143. The Morgan fingerprint density at radius 2 is 2.31 bits per heavy atom. The van der Waals surface area contributed by atoms with Crippen LogP contribution in [0.3, 0.4) is 0 Å². The van der Waals surface area contributed by atoms with Gasteiger partial charge in [-0.3, -0.25) is 0 Å². The first-order valence-electron chi connectivity index (χ1n) is 4.08. The molecule has 4 nitrogen and oxygen atoms in total. The molecule has 0 saturated heterocycles. The third-order valence-corrected chi connectivity index (χ3v) is 1.80. The molecule has 2 aromatic rings. The van der Waals surface area contributed by atoms with Crippen LogP contribution in [0.4, 0.5) is 0 Å². The van der Waals surface area contributed by atoms with Crippen molar-refractivity contribution in [2.75, 3.05) is 6.54 Å². The first kappa shape index (κ1) is 8.07. The maximum absolute atomic E-state index is 9.40. The summed E-state index contributed by atoms with van der Waals surface area (Å²) in [6.07, 6.45) is 0.591. The van der Waals surface area contributed by atoms with Gasteiger partial charge in [-0.2, -0.15) is 0 Å². The number of rotatable bonds is 2. The van der Waals surface area contributed by atoms with Crippen molar-refractivity contribution in [3.8, 4) is 5.75 Å². The standard InChI is InChI=1S/C9H10N2O2/c10-5-4-8-11-9-6(12)2-1-3-7(9)13-8/h1-3,12H,4-5,10H2. The number of phenolic OH excluding ortho intramolecular Hbond substituents is 1. The lowest BCUT2D eigenvalue weighted by Crippen LogP contribution is -2.02. The van der Waals surface area contributed by atoms with Crippen LogP contribution >= 0.6 is 0 Å². The van der Waals surface area contributed by atoms with Crippen LogP contribution in [-0.4, -0.2) is 16.6 Å². The molecule has 0 atom stereocenters. The number of oxazole rings is 1. The normalized spacial score (nSPS) is 10.8. The third-order valence-electron chi connectivity index (χ3n) is 1.80. The van der Waals surface area contributed by atoms with Gasteiger partial charge in [0.1, 0.15) is 5.75 Å². The Hall–Kier alpha value is -1.55. The molecule has 68 valence electrons. The van der Waals surface area contributed by atoms with E-state index in [0.29, 0.717) is 30.0 Å². The van der Waals surface area contributed by atoms with E-state index in [4.69, 9.17) is 10.2 Å². The van der Waals surface area contributed by atoms with Crippen molar-refractivity contribution < 1.29 is 9.52 Å². The summed E-state index contributed by atoms with van der Waals surface area (Å²) >= 11 is 0. The minimum Gasteiger partial charge on any atom is -0.506 e. The summed E-state index contributed by atoms with van der Waals surface area (Å²) in [5.74, 6) is 0.712. The van der Waals surface area contributed by atoms with Crippen LogP contribution in [0.1, 0.15) is 5.89 Å². The number of aromatic nitrogens is 1. The van der Waals surface area contributed by atoms with Crippen LogP contribution in [0.5, 0.6) is 5.75 Å². The summed E-state index contributed by atoms with van der Waals surface area (Å²) in [6, 6.07) is 5.06. The average Bonchev–Trinajstić information content (AvgIpc) is 2.49. The highest BCUT2D eigenvalue weighted by molar-refractivity contribution is 5.79. The lowest BCUT2D eigenvalue weighted by Gasteiger charge is -1.87. The van der Waals surface area contributed by atoms with Gasteiger partial charge >= 0.3 is 0 Å². The highest BCUT2D eigenvalue weighted by atomic mass is 16.3. The van der Waals surface area contributed by atoms with Gasteiger partial charge < -0.3 is 15.3 Å². The van der Waals surface area contributed by atoms with Gasteiger partial charge in [0.15, 0.2) is 17.0 Å². The maximum Gasteiger partial charge on any atom is 0.196 e. The molecular formula is C9H10N2O2. The second-order valence-corrected chi connectivity index (χ2v) is 2.77. The topological polar surface area (TPSA) is 72.3 Å². The summed E-state index contributed by atoms with van der Waals surface area (Å²) in [4.78, 5) is 4.11. The molecule has 0 bridgehead atoms. The predicted molar refractivity (Wildman–Crippen MR) is 48.4 cm³/mol. The molecule has 0 radical (unpaired) electrons. The lowest BCUT2D eigenvalue weighted by atomic mass is 10.3. The molecule has 0 aliphatic heterocycles. The first-order valence-corrected chi connectivity index (χ1v) is 4.08. The fourth-order valence-electron chi connectivity index (χ4n) is 1.21. The fourth-order valence-corrected chi connectivity index (χ4v) is 1.21. The molecule has 0 spiro atoms. The number of nitrogens with zero attached hydrogens (tertiary/aromatic N) is 1. The van der Waals surface area contributed by atoms with Crippen molar-refractivity contribution in [2.45, 2.75) is 6.42 Å². The second-order valence-electron chi connectivity index (χ2n) is 2.77. The van der Waals surface area contributed by atoms with Crippen molar-refractivity contribution in [1.82, 2.24) is 4.98 Å². The molecule has 13 heavy (non-hydrogen) atoms. The molecule has 1 heterocycles. The van der Waals surface area contributed by atoms with Crippen LogP contribution in [0, 0.1) is 0 Å². The molecule has 1 aromatic carbocycles. The van der Waals surface area contributed by atoms with E-state index in [1.807, 2.05) is 0 Å². The van der Waals surface area contributed by atoms with E-state index in [2.05, 4.69) is 4.98 Å². The molecule has 2 rings (SSSR count). The van der Waals surface area contributed by atoms with Gasteiger partial charge in [-0.15, -0.1) is 0 Å². The SMILES string of the molecule is NCCc1nc2c(O)cccc2o1. The van der Waals surface area contributed by atoms with Crippen molar-refractivity contribution in [2.24, 2.45) is 5.73 Å². The van der Waals surface area contributed by atoms with E-state index in [0.717, 1.165) is 0 Å². The lowest BCUT2D eigenvalue weighted by molar-refractivity contribution is 0.480. The molecule has 3 N–H and O–H groups in total. The summed E-state index contributed by atoms with van der Waals surface area (Å²) in [5, 5.41) is 9.40. The van der Waals surface area contributed by atoms with Gasteiger partial charge in [0.2, 0.25) is 0 Å². The highest BCUT2D eigenvalue weighted by Gasteiger charge is 2.07. The number of aromatic hydroxyl groups is 1. The van der Waals surface area contributed by atoms with Crippen molar-refractivity contribution in [3.05, 3.63) is 24.1 Å². The van der Waals surface area contributed by atoms with Crippen LogP contribution in [0.2, 0.25) is 0 Å². The molecule has 0 unspecified atom stereocenters. The van der Waals surface area contributed by atoms with E-state index < -0.39 is 0 Å². The first-order chi connectivity index (χ1) is 6.31. The van der Waals surface area contributed by atoms with Gasteiger partial charge in [-0.05, 0) is 12.1 Å². The van der Waals surface area contributed by atoms with E-state index in [1.165, 1.54) is 0 Å². The molecule has 0 fully saturated rings.